The summed E-state index contributed by atoms with van der Waals surface area (Å²) in [6, 6.07) is 20.9. The lowest BCUT2D eigenvalue weighted by Gasteiger charge is -2.34. The summed E-state index contributed by atoms with van der Waals surface area (Å²) < 4.78 is 31.4. The highest BCUT2D eigenvalue weighted by Crippen LogP contribution is 2.29. The molecule has 4 aromatic rings. The van der Waals surface area contributed by atoms with Crippen LogP contribution in [0.1, 0.15) is 53.8 Å². The predicted octanol–water partition coefficient (Wildman–Crippen LogP) is 6.33. The molecule has 2 amide bonds. The number of nitrogens with zero attached hydrogens (tertiary/aromatic N) is 2. The van der Waals surface area contributed by atoms with Crippen LogP contribution in [0.15, 0.2) is 99.4 Å². The summed E-state index contributed by atoms with van der Waals surface area (Å²) in [6.45, 7) is 2.95. The van der Waals surface area contributed by atoms with Gasteiger partial charge in [-0.15, -0.1) is 0 Å². The third kappa shape index (κ3) is 8.79. The monoisotopic (exact) mass is 700 g/mol. The van der Waals surface area contributed by atoms with E-state index in [4.69, 9.17) is 16.0 Å². The Morgan fingerprint density at radius 2 is 1.69 bits per heavy atom. The van der Waals surface area contributed by atoms with E-state index in [0.717, 1.165) is 80.0 Å². The van der Waals surface area contributed by atoms with Gasteiger partial charge in [0.25, 0.3) is 5.91 Å². The van der Waals surface area contributed by atoms with Crippen molar-refractivity contribution in [2.24, 2.45) is 0 Å². The van der Waals surface area contributed by atoms with Crippen LogP contribution in [0.5, 0.6) is 0 Å². The lowest BCUT2D eigenvalue weighted by molar-refractivity contribution is -0.133. The summed E-state index contributed by atoms with van der Waals surface area (Å²) in [6.07, 6.45) is 8.94. The fourth-order valence-corrected chi connectivity index (χ4v) is 6.86. The Labute approximate surface area is 290 Å². The van der Waals surface area contributed by atoms with Crippen LogP contribution in [0.3, 0.4) is 0 Å². The molecule has 6 rings (SSSR count). The van der Waals surface area contributed by atoms with E-state index in [1.807, 2.05) is 41.3 Å². The van der Waals surface area contributed by atoms with E-state index in [9.17, 15) is 22.8 Å². The van der Waals surface area contributed by atoms with Crippen molar-refractivity contribution >= 4 is 61.9 Å². The minimum atomic E-state index is -3.54. The van der Waals surface area contributed by atoms with E-state index in [1.54, 1.807) is 12.1 Å². The average molecular weight is 701 g/mol. The summed E-state index contributed by atoms with van der Waals surface area (Å²) in [4.78, 5) is 43.3. The minimum Gasteiger partial charge on any atom is -0.451 e. The molecular weight excluding hydrogens is 664 g/mol. The van der Waals surface area contributed by atoms with Crippen molar-refractivity contribution in [2.75, 3.05) is 35.5 Å². The Bertz CT molecular complexity index is 2110. The highest BCUT2D eigenvalue weighted by Gasteiger charge is 2.22. The van der Waals surface area contributed by atoms with Crippen LogP contribution in [0, 0.1) is 0 Å². The van der Waals surface area contributed by atoms with E-state index in [2.05, 4.69) is 27.1 Å². The Hall–Kier alpha value is -4.87. The summed E-state index contributed by atoms with van der Waals surface area (Å²) in [5.74, 6) is -0.570. The minimum absolute atomic E-state index is 0.139. The molecule has 2 aliphatic rings. The second-order valence-electron chi connectivity index (χ2n) is 12.4. The zero-order valence-electron chi connectivity index (χ0n) is 27.1. The first kappa shape index (κ1) is 34.0. The van der Waals surface area contributed by atoms with E-state index in [1.165, 1.54) is 18.2 Å². The SMILES string of the molecule is CS(=O)(=O)Nc1ccc2oc(C(=O)N/C(C=C3CCN(c4ccccc4CN4CCCCC4=O)CC3)=C\c3ccc(Cl)cc3)cc(=O)c2c1. The van der Waals surface area contributed by atoms with Gasteiger partial charge in [0, 0.05) is 60.8 Å². The first-order valence-electron chi connectivity index (χ1n) is 16.2. The van der Waals surface area contributed by atoms with Crippen molar-refractivity contribution in [2.45, 2.75) is 38.6 Å². The number of hydrogen-bond acceptors (Lipinski definition) is 7. The molecule has 0 saturated carbocycles. The molecule has 254 valence electrons. The van der Waals surface area contributed by atoms with Gasteiger partial charge in [-0.25, -0.2) is 8.42 Å². The Morgan fingerprint density at radius 1 is 0.939 bits per heavy atom. The van der Waals surface area contributed by atoms with Gasteiger partial charge in [-0.1, -0.05) is 47.5 Å². The molecule has 2 aliphatic heterocycles. The maximum atomic E-state index is 13.5. The maximum absolute atomic E-state index is 13.5. The summed E-state index contributed by atoms with van der Waals surface area (Å²) in [5, 5.41) is 3.65. The van der Waals surface area contributed by atoms with E-state index in [-0.39, 0.29) is 28.3 Å². The number of nitrogens with one attached hydrogen (secondary N) is 2. The van der Waals surface area contributed by atoms with Gasteiger partial charge >= 0.3 is 0 Å². The number of allylic oxidation sites excluding steroid dienone is 1. The molecule has 2 saturated heterocycles. The number of sulfonamides is 1. The number of fused-ring (bicyclic) bond motifs is 1. The van der Waals surface area contributed by atoms with Crippen molar-refractivity contribution < 1.29 is 22.4 Å². The van der Waals surface area contributed by atoms with Gasteiger partial charge in [0.1, 0.15) is 5.58 Å². The number of piperidine rings is 2. The summed E-state index contributed by atoms with van der Waals surface area (Å²) >= 11 is 6.11. The predicted molar refractivity (Wildman–Crippen MR) is 193 cm³/mol. The van der Waals surface area contributed by atoms with Crippen LogP contribution in [0.4, 0.5) is 11.4 Å². The lowest BCUT2D eigenvalue weighted by Crippen LogP contribution is -2.36. The van der Waals surface area contributed by atoms with E-state index < -0.39 is 21.4 Å². The quantitative estimate of drug-likeness (QED) is 0.209. The highest BCUT2D eigenvalue weighted by molar-refractivity contribution is 7.92. The number of carbonyl (C=O) groups excluding carboxylic acids is 2. The fraction of sp³-hybridized carbons (Fsp3) is 0.270. The Balaban J connectivity index is 1.21. The number of halogens is 1. The summed E-state index contributed by atoms with van der Waals surface area (Å²) in [5.41, 5.74) is 4.64. The number of anilines is 2. The normalized spacial score (nSPS) is 15.8. The van der Waals surface area contributed by atoms with Crippen LogP contribution in [-0.4, -0.2) is 51.0 Å². The second kappa shape index (κ2) is 14.7. The van der Waals surface area contributed by atoms with Gasteiger partial charge in [-0.3, -0.25) is 19.1 Å². The van der Waals surface area contributed by atoms with Gasteiger partial charge in [0.05, 0.1) is 11.6 Å². The lowest BCUT2D eigenvalue weighted by atomic mass is 10.00. The number of para-hydroxylation sites is 1. The van der Waals surface area contributed by atoms with Gasteiger partial charge in [-0.2, -0.15) is 0 Å². The number of benzene rings is 3. The molecule has 2 N–H and O–H groups in total. The Kier molecular flexibility index (Phi) is 10.2. The molecule has 12 heteroatoms. The molecule has 49 heavy (non-hydrogen) atoms. The number of likely N-dealkylation sites (tertiary alicyclic amines) is 1. The van der Waals surface area contributed by atoms with Crippen molar-refractivity contribution in [1.82, 2.24) is 10.2 Å². The van der Waals surface area contributed by atoms with E-state index in [0.29, 0.717) is 23.7 Å². The fourth-order valence-electron chi connectivity index (χ4n) is 6.18. The van der Waals surface area contributed by atoms with Gasteiger partial charge in [0.2, 0.25) is 15.9 Å². The number of amides is 2. The molecule has 0 unspecified atom stereocenters. The number of rotatable bonds is 9. The standard InChI is InChI=1S/C37H37ClN4O6S/c1-49(46,47)40-29-13-14-34-31(22-29)33(43)23-35(48-34)37(45)39-30(20-25-9-11-28(38)12-10-25)21-26-15-18-41(19-16-26)32-7-3-2-6-27(32)24-42-17-5-4-8-36(42)44/h2-3,6-7,9-14,20-23,40H,4-5,8,15-19,24H2,1H3,(H,39,45)/b30-20-. The topological polar surface area (TPSA) is 129 Å². The first-order valence-corrected chi connectivity index (χ1v) is 18.4. The molecule has 0 radical (unpaired) electrons. The smallest absolute Gasteiger partial charge is 0.291 e. The van der Waals surface area contributed by atoms with Crippen molar-refractivity contribution in [1.29, 1.82) is 0 Å². The van der Waals surface area contributed by atoms with Crippen LogP contribution in [0.25, 0.3) is 17.0 Å². The highest BCUT2D eigenvalue weighted by atomic mass is 35.5. The molecule has 1 aromatic heterocycles. The largest absolute Gasteiger partial charge is 0.451 e. The molecule has 10 nitrogen and oxygen atoms in total. The zero-order chi connectivity index (χ0) is 34.5. The number of hydrogen-bond donors (Lipinski definition) is 2. The van der Waals surface area contributed by atoms with Crippen molar-refractivity contribution in [3.05, 3.63) is 122 Å². The molecule has 0 spiro atoms. The molecule has 0 atom stereocenters. The molecule has 3 heterocycles. The average Bonchev–Trinajstić information content (AvgIpc) is 3.07. The first-order chi connectivity index (χ1) is 23.5. The maximum Gasteiger partial charge on any atom is 0.291 e. The van der Waals surface area contributed by atoms with Gasteiger partial charge < -0.3 is 19.5 Å². The molecular formula is C37H37ClN4O6S. The van der Waals surface area contributed by atoms with E-state index >= 15 is 0 Å². The molecule has 0 bridgehead atoms. The zero-order valence-corrected chi connectivity index (χ0v) is 28.6. The summed E-state index contributed by atoms with van der Waals surface area (Å²) in [7, 11) is -3.54. The third-order valence-electron chi connectivity index (χ3n) is 8.58. The van der Waals surface area contributed by atoms with Crippen molar-refractivity contribution in [3.8, 4) is 0 Å². The molecule has 3 aromatic carbocycles. The Morgan fingerprint density at radius 3 is 2.43 bits per heavy atom. The second-order valence-corrected chi connectivity index (χ2v) is 14.5. The molecule has 2 fully saturated rings. The van der Waals surface area contributed by atoms with Crippen LogP contribution in [-0.2, 0) is 21.4 Å². The third-order valence-corrected chi connectivity index (χ3v) is 9.44. The van der Waals surface area contributed by atoms with Gasteiger partial charge in [0.15, 0.2) is 11.2 Å². The van der Waals surface area contributed by atoms with Gasteiger partial charge in [-0.05, 0) is 85.4 Å². The molecule has 0 aliphatic carbocycles. The van der Waals surface area contributed by atoms with Crippen LogP contribution in [0.2, 0.25) is 5.02 Å². The van der Waals surface area contributed by atoms with Crippen LogP contribution >= 0.6 is 11.6 Å². The van der Waals surface area contributed by atoms with Crippen LogP contribution < -0.4 is 20.4 Å². The number of carbonyl (C=O) groups is 2. The van der Waals surface area contributed by atoms with Crippen molar-refractivity contribution in [3.63, 3.8) is 0 Å².